The maximum atomic E-state index is 2.64. The molecule has 4 aliphatic heterocycles. The summed E-state index contributed by atoms with van der Waals surface area (Å²) in [6.07, 6.45) is 9.05. The molecule has 0 N–H and O–H groups in total. The molecule has 0 aromatic heterocycles. The predicted octanol–water partition coefficient (Wildman–Crippen LogP) is 12.4. The fourth-order valence-corrected chi connectivity index (χ4v) is 16.8. The first kappa shape index (κ1) is 33.7. The summed E-state index contributed by atoms with van der Waals surface area (Å²) in [4.78, 5) is 4.96. The molecule has 0 atom stereocenters. The third kappa shape index (κ3) is 4.58. The van der Waals surface area contributed by atoms with Gasteiger partial charge >= 0.3 is 0 Å². The van der Waals surface area contributed by atoms with Crippen LogP contribution in [-0.4, -0.2) is 16.1 Å². The Morgan fingerprint density at radius 3 is 1.28 bits per heavy atom. The lowest BCUT2D eigenvalue weighted by molar-refractivity contribution is 1.28. The fraction of sp³-hybridized carbons (Fsp3) is 0.0741. The van der Waals surface area contributed by atoms with Crippen LogP contribution in [0.2, 0.25) is 26.2 Å². The van der Waals surface area contributed by atoms with Gasteiger partial charge < -0.3 is 9.80 Å². The van der Waals surface area contributed by atoms with Gasteiger partial charge in [0.2, 0.25) is 0 Å². The predicted molar refractivity (Wildman–Crippen MR) is 256 cm³/mol. The second-order valence-electron chi connectivity index (χ2n) is 17.4. The molecular formula is C54H42N2Si2. The molecule has 12 rings (SSSR count). The van der Waals surface area contributed by atoms with Crippen LogP contribution in [0.5, 0.6) is 0 Å². The van der Waals surface area contributed by atoms with Crippen molar-refractivity contribution in [2.75, 3.05) is 9.80 Å². The Hall–Kier alpha value is -6.47. The van der Waals surface area contributed by atoms with E-state index in [1.165, 1.54) is 99.8 Å². The molecule has 0 radical (unpaired) electrons. The van der Waals surface area contributed by atoms with E-state index in [2.05, 4.69) is 218 Å². The average Bonchev–Trinajstić information content (AvgIpc) is 3.37. The molecule has 4 heteroatoms. The third-order valence-corrected chi connectivity index (χ3v) is 20.6. The number of hydrogen-bond acceptors (Lipinski definition) is 2. The summed E-state index contributed by atoms with van der Waals surface area (Å²) in [5, 5.41) is 9.02. The zero-order valence-electron chi connectivity index (χ0n) is 33.2. The Bertz CT molecular complexity index is 3050. The molecule has 0 fully saturated rings. The first-order valence-corrected chi connectivity index (χ1v) is 26.5. The summed E-state index contributed by atoms with van der Waals surface area (Å²) in [6.45, 7) is 10.3. The number of fused-ring (bicyclic) bond motifs is 10. The summed E-state index contributed by atoms with van der Waals surface area (Å²) in [7, 11) is -4.32. The van der Waals surface area contributed by atoms with Crippen LogP contribution in [0, 0.1) is 0 Å². The van der Waals surface area contributed by atoms with Gasteiger partial charge in [0.05, 0.1) is 22.7 Å². The first-order chi connectivity index (χ1) is 28.3. The normalized spacial score (nSPS) is 15.7. The minimum Gasteiger partial charge on any atom is -0.309 e. The molecule has 0 spiro atoms. The zero-order chi connectivity index (χ0) is 38.9. The monoisotopic (exact) mass is 774 g/mol. The van der Waals surface area contributed by atoms with Crippen molar-refractivity contribution < 1.29 is 0 Å². The minimum atomic E-state index is -2.16. The van der Waals surface area contributed by atoms with E-state index in [-0.39, 0.29) is 0 Å². The van der Waals surface area contributed by atoms with Crippen LogP contribution in [0.25, 0.3) is 57.3 Å². The van der Waals surface area contributed by atoms with E-state index in [4.69, 9.17) is 0 Å². The molecule has 0 amide bonds. The van der Waals surface area contributed by atoms with Crippen molar-refractivity contribution in [3.63, 3.8) is 0 Å². The number of benzene rings is 8. The van der Waals surface area contributed by atoms with E-state index in [0.29, 0.717) is 0 Å². The third-order valence-electron chi connectivity index (χ3n) is 13.5. The number of anilines is 6. The van der Waals surface area contributed by atoms with Crippen LogP contribution in [0.3, 0.4) is 0 Å². The minimum absolute atomic E-state index is 1.22. The van der Waals surface area contributed by atoms with Gasteiger partial charge in [-0.3, -0.25) is 0 Å². The van der Waals surface area contributed by atoms with Gasteiger partial charge in [-0.25, -0.2) is 0 Å². The van der Waals surface area contributed by atoms with E-state index < -0.39 is 16.1 Å². The second kappa shape index (κ2) is 12.0. The summed E-state index contributed by atoms with van der Waals surface area (Å²) < 4.78 is 0. The summed E-state index contributed by atoms with van der Waals surface area (Å²) in [5.74, 6) is 0. The van der Waals surface area contributed by atoms with Gasteiger partial charge in [-0.05, 0) is 125 Å². The zero-order valence-corrected chi connectivity index (χ0v) is 35.2. The van der Waals surface area contributed by atoms with Gasteiger partial charge in [0.25, 0.3) is 0 Å². The lowest BCUT2D eigenvalue weighted by Crippen LogP contribution is -2.56. The lowest BCUT2D eigenvalue weighted by atomic mass is 9.91. The van der Waals surface area contributed by atoms with Crippen molar-refractivity contribution >= 4 is 106 Å². The molecule has 0 bridgehead atoms. The molecule has 58 heavy (non-hydrogen) atoms. The molecule has 0 aliphatic carbocycles. The largest absolute Gasteiger partial charge is 0.309 e. The van der Waals surface area contributed by atoms with Crippen LogP contribution in [0.4, 0.5) is 34.1 Å². The van der Waals surface area contributed by atoms with Crippen molar-refractivity contribution in [3.8, 4) is 22.3 Å². The van der Waals surface area contributed by atoms with Crippen LogP contribution in [-0.2, 0) is 0 Å². The Labute approximate surface area is 342 Å². The van der Waals surface area contributed by atoms with E-state index in [1.807, 2.05) is 0 Å². The second-order valence-corrected chi connectivity index (χ2v) is 26.0. The van der Waals surface area contributed by atoms with E-state index in [9.17, 15) is 0 Å². The quantitative estimate of drug-likeness (QED) is 0.161. The molecule has 4 aliphatic rings. The van der Waals surface area contributed by atoms with Crippen molar-refractivity contribution in [1.82, 2.24) is 0 Å². The van der Waals surface area contributed by atoms with Crippen LogP contribution in [0.1, 0.15) is 22.3 Å². The lowest BCUT2D eigenvalue weighted by Gasteiger charge is -2.36. The van der Waals surface area contributed by atoms with E-state index >= 15 is 0 Å². The van der Waals surface area contributed by atoms with Crippen molar-refractivity contribution in [1.29, 1.82) is 0 Å². The van der Waals surface area contributed by atoms with E-state index in [1.54, 1.807) is 10.4 Å². The summed E-state index contributed by atoms with van der Waals surface area (Å²) in [6, 6.07) is 59.8. The number of para-hydroxylation sites is 4. The van der Waals surface area contributed by atoms with Crippen LogP contribution in [0.15, 0.2) is 158 Å². The van der Waals surface area contributed by atoms with Crippen molar-refractivity contribution in [2.24, 2.45) is 0 Å². The highest BCUT2D eigenvalue weighted by molar-refractivity contribution is 7.05. The van der Waals surface area contributed by atoms with Crippen LogP contribution >= 0.6 is 0 Å². The van der Waals surface area contributed by atoms with Gasteiger partial charge in [0.15, 0.2) is 0 Å². The van der Waals surface area contributed by atoms with E-state index in [0.717, 1.165) is 0 Å². The molecule has 8 aromatic carbocycles. The number of hydrogen-bond donors (Lipinski definition) is 0. The van der Waals surface area contributed by atoms with Gasteiger partial charge in [-0.1, -0.05) is 160 Å². The Morgan fingerprint density at radius 1 is 0.345 bits per heavy atom. The maximum Gasteiger partial charge on any atom is 0.113 e. The summed E-state index contributed by atoms with van der Waals surface area (Å²) >= 11 is 0. The number of nitrogens with zero attached hydrogens (tertiary/aromatic N) is 2. The van der Waals surface area contributed by atoms with Gasteiger partial charge in [-0.2, -0.15) is 0 Å². The molecule has 0 unspecified atom stereocenters. The molecular weight excluding hydrogens is 733 g/mol. The topological polar surface area (TPSA) is 6.48 Å². The summed E-state index contributed by atoms with van der Waals surface area (Å²) in [5.41, 5.74) is 17.9. The molecule has 4 heterocycles. The Kier molecular flexibility index (Phi) is 6.98. The van der Waals surface area contributed by atoms with Crippen molar-refractivity contribution in [3.05, 3.63) is 180 Å². The smallest absolute Gasteiger partial charge is 0.113 e. The van der Waals surface area contributed by atoms with Gasteiger partial charge in [0, 0.05) is 11.4 Å². The Morgan fingerprint density at radius 2 is 0.776 bits per heavy atom. The fourth-order valence-electron chi connectivity index (χ4n) is 10.6. The van der Waals surface area contributed by atoms with Gasteiger partial charge in [-0.15, -0.1) is 0 Å². The maximum absolute atomic E-state index is 2.64. The highest BCUT2D eigenvalue weighted by Gasteiger charge is 2.43. The highest BCUT2D eigenvalue weighted by atomic mass is 28.3. The molecule has 8 aromatic rings. The number of rotatable bonds is 2. The van der Waals surface area contributed by atoms with Gasteiger partial charge in [0.1, 0.15) is 16.1 Å². The standard InChI is InChI=1S/C54H42N2Si2/c1-57(2)49-23-13-18-43-53-42-31-29-40(56-47-21-11-7-16-37(47)26-27-38-17-8-12-22-48(38)56)33-51(42)58(3,4)52(53)34-44(54(43)49)41-30-28-39(32-50(41)57)55-45-19-9-5-14-35(45)24-25-36-15-6-10-20-46(36)55/h5-34H,1-4H3. The molecule has 276 valence electrons. The van der Waals surface area contributed by atoms with Crippen molar-refractivity contribution in [2.45, 2.75) is 26.2 Å². The molecule has 2 nitrogen and oxygen atoms in total. The Balaban J connectivity index is 1.04. The highest BCUT2D eigenvalue weighted by Crippen LogP contribution is 2.47. The van der Waals surface area contributed by atoms with Crippen LogP contribution < -0.4 is 30.5 Å². The molecule has 0 saturated carbocycles. The first-order valence-electron chi connectivity index (χ1n) is 20.5. The average molecular weight is 775 g/mol. The molecule has 0 saturated heterocycles. The SMILES string of the molecule is C[Si]1(C)c2cc(N3c4ccccc4C=Cc4ccccc43)ccc2-c2c1cc1c3c(cccc23)[Si](C)(C)c2cc(N3c4ccccc4C=Cc4ccccc43)ccc2-1.